The Labute approximate surface area is 70.7 Å². The van der Waals surface area contributed by atoms with Crippen molar-refractivity contribution in [3.8, 4) is 0 Å². The van der Waals surface area contributed by atoms with Crippen LogP contribution in [0.5, 0.6) is 0 Å². The average Bonchev–Trinajstić information content (AvgIpc) is 2.62. The van der Waals surface area contributed by atoms with Crippen LogP contribution in [0, 0.1) is 0 Å². The van der Waals surface area contributed by atoms with Gasteiger partial charge in [-0.1, -0.05) is 12.1 Å². The summed E-state index contributed by atoms with van der Waals surface area (Å²) in [6, 6.07) is 8.30. The Bertz CT molecular complexity index is 345. The third kappa shape index (κ3) is 0.630. The molecule has 3 rings (SSSR count). The van der Waals surface area contributed by atoms with Crippen molar-refractivity contribution in [2.45, 2.75) is 6.29 Å². The highest BCUT2D eigenvalue weighted by molar-refractivity contribution is 5.83. The van der Waals surface area contributed by atoms with Crippen LogP contribution in [0.15, 0.2) is 29.3 Å². The van der Waals surface area contributed by atoms with Crippen molar-refractivity contribution >= 4 is 17.6 Å². The predicted molar refractivity (Wildman–Crippen MR) is 49.7 cm³/mol. The van der Waals surface area contributed by atoms with Crippen molar-refractivity contribution in [2.24, 2.45) is 4.99 Å². The summed E-state index contributed by atoms with van der Waals surface area (Å²) in [5.41, 5.74) is 2.46. The van der Waals surface area contributed by atoms with E-state index in [1.807, 2.05) is 12.3 Å². The zero-order valence-electron chi connectivity index (χ0n) is 6.57. The molecule has 1 N–H and O–H groups in total. The standard InChI is InChI=1S/C9H9N3/c1-2-4-8-7(3-1)11-9-10-5-6-12(8)9/h1-5,9,11H,6H2. The Balaban J connectivity index is 2.12. The minimum Gasteiger partial charge on any atom is -0.345 e. The Morgan fingerprint density at radius 1 is 1.42 bits per heavy atom. The van der Waals surface area contributed by atoms with Crippen LogP contribution >= 0.6 is 0 Å². The zero-order chi connectivity index (χ0) is 7.97. The molecule has 1 atom stereocenters. The summed E-state index contributed by atoms with van der Waals surface area (Å²) in [7, 11) is 0. The van der Waals surface area contributed by atoms with Crippen LogP contribution in [-0.2, 0) is 0 Å². The summed E-state index contributed by atoms with van der Waals surface area (Å²) >= 11 is 0. The van der Waals surface area contributed by atoms with Crippen molar-refractivity contribution in [1.82, 2.24) is 0 Å². The topological polar surface area (TPSA) is 27.6 Å². The maximum absolute atomic E-state index is 4.30. The summed E-state index contributed by atoms with van der Waals surface area (Å²) in [5, 5.41) is 3.32. The van der Waals surface area contributed by atoms with Gasteiger partial charge in [-0.15, -0.1) is 0 Å². The third-order valence-electron chi connectivity index (χ3n) is 2.32. The summed E-state index contributed by atoms with van der Waals surface area (Å²) in [5.74, 6) is 0. The lowest BCUT2D eigenvalue weighted by Crippen LogP contribution is -2.29. The molecule has 1 unspecified atom stereocenters. The normalized spacial score (nSPS) is 23.7. The highest BCUT2D eigenvalue weighted by Gasteiger charge is 2.29. The van der Waals surface area contributed by atoms with E-state index in [1.165, 1.54) is 11.4 Å². The number of nitrogens with one attached hydrogen (secondary N) is 1. The van der Waals surface area contributed by atoms with Crippen LogP contribution in [0.1, 0.15) is 0 Å². The first-order valence-corrected chi connectivity index (χ1v) is 4.09. The number of rotatable bonds is 0. The fraction of sp³-hybridized carbons (Fsp3) is 0.222. The van der Waals surface area contributed by atoms with Crippen LogP contribution in [0.3, 0.4) is 0 Å². The third-order valence-corrected chi connectivity index (χ3v) is 2.32. The molecule has 0 bridgehead atoms. The molecule has 3 heteroatoms. The molecule has 12 heavy (non-hydrogen) atoms. The van der Waals surface area contributed by atoms with E-state index in [9.17, 15) is 0 Å². The maximum atomic E-state index is 4.30. The van der Waals surface area contributed by atoms with Crippen molar-refractivity contribution in [2.75, 3.05) is 16.8 Å². The number of benzene rings is 1. The second kappa shape index (κ2) is 2.00. The first kappa shape index (κ1) is 6.06. The van der Waals surface area contributed by atoms with E-state index < -0.39 is 0 Å². The predicted octanol–water partition coefficient (Wildman–Crippen LogP) is 1.29. The van der Waals surface area contributed by atoms with Gasteiger partial charge in [0.15, 0.2) is 6.29 Å². The molecular weight excluding hydrogens is 150 g/mol. The highest BCUT2D eigenvalue weighted by Crippen LogP contribution is 2.35. The molecule has 0 saturated heterocycles. The molecule has 60 valence electrons. The van der Waals surface area contributed by atoms with E-state index in [4.69, 9.17) is 0 Å². The first-order valence-electron chi connectivity index (χ1n) is 4.09. The number of aliphatic imine (C=N–C) groups is 1. The van der Waals surface area contributed by atoms with Gasteiger partial charge in [0.2, 0.25) is 0 Å². The Hall–Kier alpha value is -1.51. The molecule has 0 saturated carbocycles. The van der Waals surface area contributed by atoms with Crippen LogP contribution in [0.4, 0.5) is 11.4 Å². The second-order valence-corrected chi connectivity index (χ2v) is 3.02. The van der Waals surface area contributed by atoms with Crippen LogP contribution < -0.4 is 10.2 Å². The smallest absolute Gasteiger partial charge is 0.196 e. The Morgan fingerprint density at radius 3 is 3.33 bits per heavy atom. The van der Waals surface area contributed by atoms with Gasteiger partial charge in [-0.25, -0.2) is 0 Å². The van der Waals surface area contributed by atoms with Gasteiger partial charge in [-0.3, -0.25) is 4.99 Å². The van der Waals surface area contributed by atoms with Crippen molar-refractivity contribution < 1.29 is 0 Å². The minimum atomic E-state index is 0.155. The van der Waals surface area contributed by atoms with Gasteiger partial charge < -0.3 is 10.2 Å². The summed E-state index contributed by atoms with van der Waals surface area (Å²) < 4.78 is 0. The SMILES string of the molecule is C1=NC2Nc3ccccc3N2C1. The summed E-state index contributed by atoms with van der Waals surface area (Å²) in [6.45, 7) is 0.925. The fourth-order valence-corrected chi connectivity index (χ4v) is 1.75. The van der Waals surface area contributed by atoms with Crippen molar-refractivity contribution in [1.29, 1.82) is 0 Å². The number of hydrogen-bond acceptors (Lipinski definition) is 3. The molecule has 0 aliphatic carbocycles. The van der Waals surface area contributed by atoms with E-state index in [2.05, 4.69) is 33.4 Å². The molecule has 0 spiro atoms. The number of para-hydroxylation sites is 2. The highest BCUT2D eigenvalue weighted by atomic mass is 15.4. The van der Waals surface area contributed by atoms with Crippen molar-refractivity contribution in [3.63, 3.8) is 0 Å². The van der Waals surface area contributed by atoms with Gasteiger partial charge in [0.25, 0.3) is 0 Å². The minimum absolute atomic E-state index is 0.155. The molecule has 0 radical (unpaired) electrons. The van der Waals surface area contributed by atoms with Gasteiger partial charge in [-0.2, -0.15) is 0 Å². The number of anilines is 2. The molecular formula is C9H9N3. The van der Waals surface area contributed by atoms with E-state index in [1.54, 1.807) is 0 Å². The monoisotopic (exact) mass is 159 g/mol. The number of nitrogens with zero attached hydrogens (tertiary/aromatic N) is 2. The largest absolute Gasteiger partial charge is 0.345 e. The van der Waals surface area contributed by atoms with Gasteiger partial charge in [0.05, 0.1) is 17.9 Å². The van der Waals surface area contributed by atoms with E-state index in [0.29, 0.717) is 0 Å². The quantitative estimate of drug-likeness (QED) is 0.617. The van der Waals surface area contributed by atoms with Crippen LogP contribution in [-0.4, -0.2) is 19.0 Å². The number of hydrogen-bond donors (Lipinski definition) is 1. The molecule has 2 heterocycles. The van der Waals surface area contributed by atoms with Gasteiger partial charge in [-0.05, 0) is 12.1 Å². The molecule has 0 amide bonds. The lowest BCUT2D eigenvalue weighted by Gasteiger charge is -2.14. The number of fused-ring (bicyclic) bond motifs is 3. The Morgan fingerprint density at radius 2 is 2.33 bits per heavy atom. The average molecular weight is 159 g/mol. The lowest BCUT2D eigenvalue weighted by molar-refractivity contribution is 0.796. The van der Waals surface area contributed by atoms with E-state index in [-0.39, 0.29) is 6.29 Å². The van der Waals surface area contributed by atoms with Gasteiger partial charge in [0, 0.05) is 6.21 Å². The summed E-state index contributed by atoms with van der Waals surface area (Å²) in [4.78, 5) is 6.55. The lowest BCUT2D eigenvalue weighted by atomic mass is 10.3. The molecule has 3 nitrogen and oxygen atoms in total. The fourth-order valence-electron chi connectivity index (χ4n) is 1.75. The van der Waals surface area contributed by atoms with Crippen LogP contribution in [0.25, 0.3) is 0 Å². The zero-order valence-corrected chi connectivity index (χ0v) is 6.57. The van der Waals surface area contributed by atoms with Crippen LogP contribution in [0.2, 0.25) is 0 Å². The first-order chi connectivity index (χ1) is 5.95. The molecule has 2 aliphatic heterocycles. The molecule has 2 aliphatic rings. The maximum Gasteiger partial charge on any atom is 0.196 e. The second-order valence-electron chi connectivity index (χ2n) is 3.02. The summed E-state index contributed by atoms with van der Waals surface area (Å²) in [6.07, 6.45) is 2.11. The van der Waals surface area contributed by atoms with Gasteiger partial charge in [0.1, 0.15) is 0 Å². The van der Waals surface area contributed by atoms with Gasteiger partial charge >= 0.3 is 0 Å². The Kier molecular flexibility index (Phi) is 1.01. The van der Waals surface area contributed by atoms with E-state index >= 15 is 0 Å². The molecule has 1 aromatic rings. The molecule has 0 aromatic heterocycles. The van der Waals surface area contributed by atoms with E-state index in [0.717, 1.165) is 6.54 Å². The molecule has 0 fully saturated rings. The molecule has 1 aromatic carbocycles. The van der Waals surface area contributed by atoms with Crippen molar-refractivity contribution in [3.05, 3.63) is 24.3 Å².